The van der Waals surface area contributed by atoms with Gasteiger partial charge in [-0.3, -0.25) is 4.79 Å². The minimum Gasteiger partial charge on any atom is -0.355 e. The Morgan fingerprint density at radius 2 is 2.14 bits per heavy atom. The fourth-order valence-electron chi connectivity index (χ4n) is 1.48. The minimum atomic E-state index is 0.190. The quantitative estimate of drug-likeness (QED) is 0.819. The van der Waals surface area contributed by atoms with Gasteiger partial charge in [-0.25, -0.2) is 0 Å². The second-order valence-electron chi connectivity index (χ2n) is 3.43. The van der Waals surface area contributed by atoms with E-state index in [1.54, 1.807) is 0 Å². The van der Waals surface area contributed by atoms with Crippen molar-refractivity contribution in [1.82, 2.24) is 5.32 Å². The van der Waals surface area contributed by atoms with E-state index < -0.39 is 0 Å². The molecule has 1 aliphatic rings. The van der Waals surface area contributed by atoms with Crippen LogP contribution in [-0.4, -0.2) is 17.7 Å². The van der Waals surface area contributed by atoms with Crippen molar-refractivity contribution in [2.75, 3.05) is 6.54 Å². The molecule has 0 aromatic heterocycles. The first-order valence-electron chi connectivity index (χ1n) is 4.77. The zero-order valence-electron chi connectivity index (χ0n) is 7.90. The van der Waals surface area contributed by atoms with Gasteiger partial charge in [-0.1, -0.05) is 30.3 Å². The Morgan fingerprint density at radius 3 is 2.79 bits per heavy atom. The van der Waals surface area contributed by atoms with Crippen LogP contribution in [0, 0.1) is 0 Å². The Bertz CT molecular complexity index is 312. The highest BCUT2D eigenvalue weighted by Crippen LogP contribution is 2.22. The van der Waals surface area contributed by atoms with Gasteiger partial charge < -0.3 is 5.32 Å². The molecule has 0 radical (unpaired) electrons. The van der Waals surface area contributed by atoms with Gasteiger partial charge in [-0.15, -0.1) is 0 Å². The van der Waals surface area contributed by atoms with Gasteiger partial charge in [0.2, 0.25) is 5.91 Å². The van der Waals surface area contributed by atoms with E-state index in [0.29, 0.717) is 11.7 Å². The molecule has 14 heavy (non-hydrogen) atoms. The predicted octanol–water partition coefficient (Wildman–Crippen LogP) is 1.81. The van der Waals surface area contributed by atoms with E-state index in [4.69, 9.17) is 0 Å². The van der Waals surface area contributed by atoms with Gasteiger partial charge in [0, 0.05) is 24.0 Å². The van der Waals surface area contributed by atoms with Crippen molar-refractivity contribution in [3.05, 3.63) is 35.9 Å². The summed E-state index contributed by atoms with van der Waals surface area (Å²) in [4.78, 5) is 10.9. The van der Waals surface area contributed by atoms with Gasteiger partial charge in [0.15, 0.2) is 0 Å². The lowest BCUT2D eigenvalue weighted by molar-refractivity contribution is -0.119. The van der Waals surface area contributed by atoms with E-state index in [1.807, 2.05) is 30.0 Å². The Labute approximate surface area is 88.1 Å². The first kappa shape index (κ1) is 9.59. The molecule has 0 bridgehead atoms. The molecule has 2 nitrogen and oxygen atoms in total. The zero-order valence-corrected chi connectivity index (χ0v) is 8.72. The molecule has 0 saturated carbocycles. The third kappa shape index (κ3) is 2.51. The molecule has 3 heteroatoms. The number of carbonyl (C=O) groups is 1. The second kappa shape index (κ2) is 4.51. The first-order valence-corrected chi connectivity index (χ1v) is 5.82. The lowest BCUT2D eigenvalue weighted by atomic mass is 10.2. The molecule has 0 unspecified atom stereocenters. The molecule has 2 rings (SSSR count). The van der Waals surface area contributed by atoms with Crippen molar-refractivity contribution in [3.8, 4) is 0 Å². The fraction of sp³-hybridized carbons (Fsp3) is 0.364. The molecular formula is C11H13NOS. The van der Waals surface area contributed by atoms with Crippen LogP contribution in [0.5, 0.6) is 0 Å². The predicted molar refractivity (Wildman–Crippen MR) is 59.2 cm³/mol. The van der Waals surface area contributed by atoms with Crippen molar-refractivity contribution in [3.63, 3.8) is 0 Å². The lowest BCUT2D eigenvalue weighted by Crippen LogP contribution is -2.14. The summed E-state index contributed by atoms with van der Waals surface area (Å²) in [5, 5.41) is 3.31. The number of thioether (sulfide) groups is 1. The summed E-state index contributed by atoms with van der Waals surface area (Å²) in [5.74, 6) is 1.19. The molecule has 1 aliphatic heterocycles. The van der Waals surface area contributed by atoms with E-state index in [0.717, 1.165) is 12.3 Å². The summed E-state index contributed by atoms with van der Waals surface area (Å²) in [6.45, 7) is 0.830. The number of hydrogen-bond acceptors (Lipinski definition) is 2. The van der Waals surface area contributed by atoms with E-state index in [1.165, 1.54) is 5.56 Å². The average Bonchev–Trinajstić information content (AvgIpc) is 2.63. The van der Waals surface area contributed by atoms with Crippen LogP contribution < -0.4 is 5.32 Å². The first-order chi connectivity index (χ1) is 6.84. The van der Waals surface area contributed by atoms with Gasteiger partial charge in [0.1, 0.15) is 0 Å². The molecule has 0 aliphatic carbocycles. The average molecular weight is 207 g/mol. The number of benzene rings is 1. The van der Waals surface area contributed by atoms with Crippen molar-refractivity contribution in [2.45, 2.75) is 17.4 Å². The van der Waals surface area contributed by atoms with Crippen LogP contribution in [0.4, 0.5) is 0 Å². The molecule has 1 amide bonds. The number of nitrogens with one attached hydrogen (secondary N) is 1. The highest BCUT2D eigenvalue weighted by molar-refractivity contribution is 7.99. The Balaban J connectivity index is 1.80. The van der Waals surface area contributed by atoms with Gasteiger partial charge in [-0.2, -0.15) is 11.8 Å². The number of amides is 1. The van der Waals surface area contributed by atoms with E-state index in [-0.39, 0.29) is 5.91 Å². The topological polar surface area (TPSA) is 29.1 Å². The smallest absolute Gasteiger partial charge is 0.221 e. The van der Waals surface area contributed by atoms with Crippen LogP contribution in [0.2, 0.25) is 0 Å². The van der Waals surface area contributed by atoms with Crippen LogP contribution in [0.15, 0.2) is 30.3 Å². The third-order valence-electron chi connectivity index (χ3n) is 2.27. The van der Waals surface area contributed by atoms with Crippen molar-refractivity contribution in [2.24, 2.45) is 0 Å². The number of rotatable bonds is 3. The summed E-state index contributed by atoms with van der Waals surface area (Å²) in [6, 6.07) is 10.4. The maximum atomic E-state index is 10.9. The van der Waals surface area contributed by atoms with Crippen molar-refractivity contribution >= 4 is 17.7 Å². The van der Waals surface area contributed by atoms with Gasteiger partial charge in [0.25, 0.3) is 0 Å². The second-order valence-corrected chi connectivity index (χ2v) is 4.72. The summed E-state index contributed by atoms with van der Waals surface area (Å²) < 4.78 is 0. The number of hydrogen-bond donors (Lipinski definition) is 1. The largest absolute Gasteiger partial charge is 0.355 e. The molecule has 0 spiro atoms. The minimum absolute atomic E-state index is 0.190. The van der Waals surface area contributed by atoms with Crippen molar-refractivity contribution < 1.29 is 4.79 Å². The van der Waals surface area contributed by atoms with E-state index in [9.17, 15) is 4.79 Å². The normalized spacial score (nSPS) is 20.9. The Kier molecular flexibility index (Phi) is 3.09. The molecule has 1 atom stereocenters. The molecular weight excluding hydrogens is 194 g/mol. The lowest BCUT2D eigenvalue weighted by Gasteiger charge is -2.06. The SMILES string of the molecule is O=C1C[C@@H](SCc2ccccc2)CN1. The highest BCUT2D eigenvalue weighted by Gasteiger charge is 2.21. The van der Waals surface area contributed by atoms with Crippen LogP contribution in [0.25, 0.3) is 0 Å². The van der Waals surface area contributed by atoms with Gasteiger partial charge in [-0.05, 0) is 5.56 Å². The molecule has 1 saturated heterocycles. The third-order valence-corrected chi connectivity index (χ3v) is 3.57. The van der Waals surface area contributed by atoms with Crippen LogP contribution in [0.1, 0.15) is 12.0 Å². The van der Waals surface area contributed by atoms with E-state index >= 15 is 0 Å². The van der Waals surface area contributed by atoms with Crippen LogP contribution in [0.3, 0.4) is 0 Å². The van der Waals surface area contributed by atoms with E-state index in [2.05, 4.69) is 17.4 Å². The van der Waals surface area contributed by atoms with Gasteiger partial charge >= 0.3 is 0 Å². The summed E-state index contributed by atoms with van der Waals surface area (Å²) in [6.07, 6.45) is 0.678. The maximum absolute atomic E-state index is 10.9. The van der Waals surface area contributed by atoms with Crippen molar-refractivity contribution in [1.29, 1.82) is 0 Å². The zero-order chi connectivity index (χ0) is 9.80. The number of carbonyl (C=O) groups excluding carboxylic acids is 1. The molecule has 1 aromatic carbocycles. The Hall–Kier alpha value is -0.960. The van der Waals surface area contributed by atoms with Gasteiger partial charge in [0.05, 0.1) is 0 Å². The molecule has 1 heterocycles. The standard InChI is InChI=1S/C11H13NOS/c13-11-6-10(7-12-11)14-8-9-4-2-1-3-5-9/h1-5,10H,6-8H2,(H,12,13)/t10-/m1/s1. The maximum Gasteiger partial charge on any atom is 0.221 e. The summed E-state index contributed by atoms with van der Waals surface area (Å²) >= 11 is 1.86. The highest BCUT2D eigenvalue weighted by atomic mass is 32.2. The molecule has 1 fully saturated rings. The molecule has 1 aromatic rings. The molecule has 74 valence electrons. The fourth-order valence-corrected chi connectivity index (χ4v) is 2.58. The van der Waals surface area contributed by atoms with Crippen LogP contribution in [-0.2, 0) is 10.5 Å². The molecule has 1 N–H and O–H groups in total. The van der Waals surface area contributed by atoms with Crippen LogP contribution >= 0.6 is 11.8 Å². The Morgan fingerprint density at radius 1 is 1.36 bits per heavy atom. The monoisotopic (exact) mass is 207 g/mol. The summed E-state index contributed by atoms with van der Waals surface area (Å²) in [7, 11) is 0. The summed E-state index contributed by atoms with van der Waals surface area (Å²) in [5.41, 5.74) is 1.33.